The van der Waals surface area contributed by atoms with Crippen molar-refractivity contribution in [2.45, 2.75) is 58.9 Å². The third-order valence-electron chi connectivity index (χ3n) is 4.56. The summed E-state index contributed by atoms with van der Waals surface area (Å²) in [5.41, 5.74) is 0. The first-order valence-electron chi connectivity index (χ1n) is 7.60. The highest BCUT2D eigenvalue weighted by molar-refractivity contribution is 4.79. The molecule has 0 bridgehead atoms. The third kappa shape index (κ3) is 4.97. The van der Waals surface area contributed by atoms with E-state index < -0.39 is 0 Å². The van der Waals surface area contributed by atoms with Crippen LogP contribution in [0.1, 0.15) is 52.9 Å². The molecule has 0 aromatic rings. The van der Waals surface area contributed by atoms with E-state index in [4.69, 9.17) is 0 Å². The Labute approximate surface area is 108 Å². The summed E-state index contributed by atoms with van der Waals surface area (Å²) in [4.78, 5) is 2.67. The predicted molar refractivity (Wildman–Crippen MR) is 76.4 cm³/mol. The summed E-state index contributed by atoms with van der Waals surface area (Å²) in [6.45, 7) is 10.8. The standard InChI is InChI=1S/C15H32N2/c1-5-7-14-8-10-17(11-9-14)12-15(16-4)13(3)6-2/h13-16H,5-12H2,1-4H3. The van der Waals surface area contributed by atoms with Crippen molar-refractivity contribution in [3.63, 3.8) is 0 Å². The normalized spacial score (nSPS) is 22.6. The quantitative estimate of drug-likeness (QED) is 0.735. The number of likely N-dealkylation sites (N-methyl/N-ethyl adjacent to an activating group) is 1. The topological polar surface area (TPSA) is 15.3 Å². The van der Waals surface area contributed by atoms with Crippen molar-refractivity contribution in [1.82, 2.24) is 10.2 Å². The maximum Gasteiger partial charge on any atom is 0.0217 e. The van der Waals surface area contributed by atoms with E-state index in [1.54, 1.807) is 0 Å². The molecule has 1 aliphatic rings. The van der Waals surface area contributed by atoms with Crippen LogP contribution >= 0.6 is 0 Å². The summed E-state index contributed by atoms with van der Waals surface area (Å²) in [7, 11) is 2.11. The Hall–Kier alpha value is -0.0800. The molecule has 0 amide bonds. The Morgan fingerprint density at radius 2 is 1.88 bits per heavy atom. The van der Waals surface area contributed by atoms with Gasteiger partial charge in [-0.05, 0) is 44.8 Å². The highest BCUT2D eigenvalue weighted by Crippen LogP contribution is 2.22. The van der Waals surface area contributed by atoms with Crippen LogP contribution in [0.4, 0.5) is 0 Å². The van der Waals surface area contributed by atoms with Gasteiger partial charge in [-0.15, -0.1) is 0 Å². The number of piperidine rings is 1. The fourth-order valence-electron chi connectivity index (χ4n) is 2.98. The van der Waals surface area contributed by atoms with Crippen LogP contribution in [-0.2, 0) is 0 Å². The van der Waals surface area contributed by atoms with Crippen molar-refractivity contribution >= 4 is 0 Å². The van der Waals surface area contributed by atoms with Crippen LogP contribution in [0.25, 0.3) is 0 Å². The average molecular weight is 240 g/mol. The molecular formula is C15H32N2. The van der Waals surface area contributed by atoms with Crippen molar-refractivity contribution in [1.29, 1.82) is 0 Å². The van der Waals surface area contributed by atoms with Crippen LogP contribution in [0.3, 0.4) is 0 Å². The lowest BCUT2D eigenvalue weighted by Gasteiger charge is -2.35. The highest BCUT2D eigenvalue weighted by atomic mass is 15.2. The summed E-state index contributed by atoms with van der Waals surface area (Å²) in [6, 6.07) is 0.669. The molecule has 0 aromatic carbocycles. The van der Waals surface area contributed by atoms with Crippen molar-refractivity contribution < 1.29 is 0 Å². The molecule has 2 nitrogen and oxygen atoms in total. The monoisotopic (exact) mass is 240 g/mol. The first kappa shape index (κ1) is 15.0. The fraction of sp³-hybridized carbons (Fsp3) is 1.00. The first-order chi connectivity index (χ1) is 8.21. The Kier molecular flexibility index (Phi) is 7.14. The Balaban J connectivity index is 2.28. The van der Waals surface area contributed by atoms with Crippen molar-refractivity contribution in [2.75, 3.05) is 26.7 Å². The summed E-state index contributed by atoms with van der Waals surface area (Å²) in [5.74, 6) is 1.79. The van der Waals surface area contributed by atoms with Crippen LogP contribution < -0.4 is 5.32 Å². The molecule has 17 heavy (non-hydrogen) atoms. The third-order valence-corrected chi connectivity index (χ3v) is 4.56. The van der Waals surface area contributed by atoms with E-state index in [2.05, 4.69) is 38.0 Å². The smallest absolute Gasteiger partial charge is 0.0217 e. The summed E-state index contributed by atoms with van der Waals surface area (Å²) in [6.07, 6.45) is 6.92. The molecule has 1 heterocycles. The number of hydrogen-bond donors (Lipinski definition) is 1. The van der Waals surface area contributed by atoms with Crippen LogP contribution in [0.15, 0.2) is 0 Å². The van der Waals surface area contributed by atoms with Crippen LogP contribution in [-0.4, -0.2) is 37.6 Å². The molecule has 0 aliphatic carbocycles. The zero-order chi connectivity index (χ0) is 12.7. The fourth-order valence-corrected chi connectivity index (χ4v) is 2.98. The van der Waals surface area contributed by atoms with Crippen molar-refractivity contribution in [3.8, 4) is 0 Å². The molecule has 102 valence electrons. The van der Waals surface area contributed by atoms with Gasteiger partial charge >= 0.3 is 0 Å². The zero-order valence-electron chi connectivity index (χ0n) is 12.3. The van der Waals surface area contributed by atoms with E-state index in [1.165, 1.54) is 51.7 Å². The van der Waals surface area contributed by atoms with E-state index >= 15 is 0 Å². The summed E-state index contributed by atoms with van der Waals surface area (Å²) >= 11 is 0. The molecule has 1 fully saturated rings. The number of hydrogen-bond acceptors (Lipinski definition) is 2. The molecule has 0 saturated carbocycles. The molecule has 1 saturated heterocycles. The minimum Gasteiger partial charge on any atom is -0.315 e. The zero-order valence-corrected chi connectivity index (χ0v) is 12.3. The Bertz CT molecular complexity index is 185. The minimum atomic E-state index is 0.669. The molecule has 0 spiro atoms. The second kappa shape index (κ2) is 8.10. The number of nitrogens with one attached hydrogen (secondary N) is 1. The van der Waals surface area contributed by atoms with Crippen LogP contribution in [0, 0.1) is 11.8 Å². The maximum atomic E-state index is 3.49. The minimum absolute atomic E-state index is 0.669. The first-order valence-corrected chi connectivity index (χ1v) is 7.60. The SMILES string of the molecule is CCCC1CCN(CC(NC)C(C)CC)CC1. The largest absolute Gasteiger partial charge is 0.315 e. The van der Waals surface area contributed by atoms with Gasteiger partial charge < -0.3 is 10.2 Å². The van der Waals surface area contributed by atoms with Gasteiger partial charge in [0, 0.05) is 12.6 Å². The van der Waals surface area contributed by atoms with Gasteiger partial charge in [-0.25, -0.2) is 0 Å². The van der Waals surface area contributed by atoms with E-state index in [0.29, 0.717) is 6.04 Å². The van der Waals surface area contributed by atoms with Gasteiger partial charge in [-0.3, -0.25) is 0 Å². The molecule has 2 heteroatoms. The molecule has 0 aromatic heterocycles. The average Bonchev–Trinajstić information content (AvgIpc) is 2.37. The van der Waals surface area contributed by atoms with Gasteiger partial charge in [0.25, 0.3) is 0 Å². The summed E-state index contributed by atoms with van der Waals surface area (Å²) in [5, 5.41) is 3.49. The van der Waals surface area contributed by atoms with Crippen LogP contribution in [0.5, 0.6) is 0 Å². The highest BCUT2D eigenvalue weighted by Gasteiger charge is 2.22. The molecule has 0 radical (unpaired) electrons. The van der Waals surface area contributed by atoms with Crippen LogP contribution in [0.2, 0.25) is 0 Å². The molecular weight excluding hydrogens is 208 g/mol. The van der Waals surface area contributed by atoms with Crippen molar-refractivity contribution in [3.05, 3.63) is 0 Å². The van der Waals surface area contributed by atoms with E-state index in [0.717, 1.165) is 11.8 Å². The lowest BCUT2D eigenvalue weighted by atomic mass is 9.91. The molecule has 1 aliphatic heterocycles. The lowest BCUT2D eigenvalue weighted by Crippen LogP contribution is -2.46. The predicted octanol–water partition coefficient (Wildman–Crippen LogP) is 3.13. The van der Waals surface area contributed by atoms with Gasteiger partial charge in [0.1, 0.15) is 0 Å². The van der Waals surface area contributed by atoms with E-state index in [-0.39, 0.29) is 0 Å². The number of likely N-dealkylation sites (tertiary alicyclic amines) is 1. The molecule has 2 atom stereocenters. The Morgan fingerprint density at radius 1 is 1.24 bits per heavy atom. The van der Waals surface area contributed by atoms with Gasteiger partial charge in [0.15, 0.2) is 0 Å². The number of rotatable bonds is 7. The van der Waals surface area contributed by atoms with E-state index in [9.17, 15) is 0 Å². The Morgan fingerprint density at radius 3 is 2.35 bits per heavy atom. The van der Waals surface area contributed by atoms with Crippen molar-refractivity contribution in [2.24, 2.45) is 11.8 Å². The number of nitrogens with zero attached hydrogens (tertiary/aromatic N) is 1. The van der Waals surface area contributed by atoms with Gasteiger partial charge in [0.2, 0.25) is 0 Å². The van der Waals surface area contributed by atoms with E-state index in [1.807, 2.05) is 0 Å². The maximum absolute atomic E-state index is 3.49. The molecule has 2 unspecified atom stereocenters. The second-order valence-electron chi connectivity index (χ2n) is 5.81. The summed E-state index contributed by atoms with van der Waals surface area (Å²) < 4.78 is 0. The lowest BCUT2D eigenvalue weighted by molar-refractivity contribution is 0.151. The molecule has 1 rings (SSSR count). The van der Waals surface area contributed by atoms with Gasteiger partial charge in [-0.2, -0.15) is 0 Å². The molecule has 1 N–H and O–H groups in total. The second-order valence-corrected chi connectivity index (χ2v) is 5.81. The van der Waals surface area contributed by atoms with Gasteiger partial charge in [0.05, 0.1) is 0 Å². The van der Waals surface area contributed by atoms with Gasteiger partial charge in [-0.1, -0.05) is 40.0 Å².